The topological polar surface area (TPSA) is 127 Å². The van der Waals surface area contributed by atoms with Gasteiger partial charge in [-0.2, -0.15) is 4.98 Å². The van der Waals surface area contributed by atoms with Crippen molar-refractivity contribution in [2.24, 2.45) is 0 Å². The number of esters is 1. The molecule has 1 unspecified atom stereocenters. The predicted molar refractivity (Wildman–Crippen MR) is 77.1 cm³/mol. The molecule has 0 aliphatic heterocycles. The highest BCUT2D eigenvalue weighted by atomic mass is 16.5. The molecule has 2 aromatic heterocycles. The maximum absolute atomic E-state index is 11.9. The van der Waals surface area contributed by atoms with Crippen molar-refractivity contribution in [3.05, 3.63) is 30.4 Å². The summed E-state index contributed by atoms with van der Waals surface area (Å²) < 4.78 is 9.68. The van der Waals surface area contributed by atoms with E-state index in [1.165, 1.54) is 13.1 Å². The van der Waals surface area contributed by atoms with Crippen LogP contribution in [0.1, 0.15) is 24.5 Å². The van der Waals surface area contributed by atoms with Crippen molar-refractivity contribution >= 4 is 11.9 Å². The minimum absolute atomic E-state index is 0.127. The Morgan fingerprint density at radius 3 is 2.91 bits per heavy atom. The number of hydrogen-bond acceptors (Lipinski definition) is 8. The number of amides is 1. The molecular weight excluding hydrogens is 304 g/mol. The van der Waals surface area contributed by atoms with E-state index in [0.29, 0.717) is 5.56 Å². The number of pyridine rings is 1. The van der Waals surface area contributed by atoms with E-state index < -0.39 is 17.5 Å². The van der Waals surface area contributed by atoms with Gasteiger partial charge in [0.1, 0.15) is 0 Å². The van der Waals surface area contributed by atoms with E-state index in [9.17, 15) is 14.7 Å². The Morgan fingerprint density at radius 1 is 1.48 bits per heavy atom. The van der Waals surface area contributed by atoms with Crippen molar-refractivity contribution < 1.29 is 24.0 Å². The minimum Gasteiger partial charge on any atom is -0.464 e. The summed E-state index contributed by atoms with van der Waals surface area (Å²) in [7, 11) is 0. The van der Waals surface area contributed by atoms with Gasteiger partial charge in [-0.05, 0) is 26.0 Å². The van der Waals surface area contributed by atoms with Crippen molar-refractivity contribution in [1.82, 2.24) is 20.4 Å². The quantitative estimate of drug-likeness (QED) is 0.721. The van der Waals surface area contributed by atoms with Crippen molar-refractivity contribution in [2.45, 2.75) is 19.4 Å². The van der Waals surface area contributed by atoms with E-state index in [1.807, 2.05) is 0 Å². The first-order valence-corrected chi connectivity index (χ1v) is 6.86. The van der Waals surface area contributed by atoms with Crippen LogP contribution in [0.5, 0.6) is 0 Å². The highest BCUT2D eigenvalue weighted by Gasteiger charge is 2.33. The molecule has 23 heavy (non-hydrogen) atoms. The molecule has 0 fully saturated rings. The molecule has 1 amide bonds. The third kappa shape index (κ3) is 4.10. The fraction of sp³-hybridized carbons (Fsp3) is 0.357. The molecule has 2 rings (SSSR count). The average Bonchev–Trinajstić information content (AvgIpc) is 3.04. The summed E-state index contributed by atoms with van der Waals surface area (Å²) in [4.78, 5) is 31.3. The summed E-state index contributed by atoms with van der Waals surface area (Å²) in [5.74, 6) is -1.60. The largest absolute Gasteiger partial charge is 0.464 e. The zero-order chi connectivity index (χ0) is 16.9. The fourth-order valence-corrected chi connectivity index (χ4v) is 1.61. The van der Waals surface area contributed by atoms with Gasteiger partial charge in [0, 0.05) is 12.4 Å². The Labute approximate surface area is 131 Å². The SMILES string of the molecule is CCOC(=O)C(C)(O)CNC(=O)c1noc(-c2cccnc2)n1. The molecule has 0 bridgehead atoms. The van der Waals surface area contributed by atoms with Gasteiger partial charge in [0.2, 0.25) is 0 Å². The number of nitrogens with one attached hydrogen (secondary N) is 1. The molecule has 0 radical (unpaired) electrons. The maximum atomic E-state index is 11.9. The standard InChI is InChI=1S/C14H16N4O5/c1-3-22-13(20)14(2,21)8-16-11(19)10-17-12(23-18-10)9-5-4-6-15-7-9/h4-7,21H,3,8H2,1-2H3,(H,16,19). The highest BCUT2D eigenvalue weighted by Crippen LogP contribution is 2.15. The normalized spacial score (nSPS) is 13.2. The molecule has 2 N–H and O–H groups in total. The molecule has 122 valence electrons. The molecular formula is C14H16N4O5. The van der Waals surface area contributed by atoms with Crippen LogP contribution in [0.2, 0.25) is 0 Å². The van der Waals surface area contributed by atoms with E-state index in [1.54, 1.807) is 25.3 Å². The monoisotopic (exact) mass is 320 g/mol. The maximum Gasteiger partial charge on any atom is 0.339 e. The van der Waals surface area contributed by atoms with E-state index in [4.69, 9.17) is 9.26 Å². The van der Waals surface area contributed by atoms with Crippen molar-refractivity contribution in [2.75, 3.05) is 13.2 Å². The zero-order valence-corrected chi connectivity index (χ0v) is 12.6. The van der Waals surface area contributed by atoms with Crippen LogP contribution in [0.4, 0.5) is 0 Å². The summed E-state index contributed by atoms with van der Waals surface area (Å²) in [5, 5.41) is 15.8. The number of nitrogens with zero attached hydrogens (tertiary/aromatic N) is 3. The Bertz CT molecular complexity index is 683. The predicted octanol–water partition coefficient (Wildman–Crippen LogP) is 0.175. The second-order valence-corrected chi connectivity index (χ2v) is 4.84. The lowest BCUT2D eigenvalue weighted by molar-refractivity contribution is -0.162. The average molecular weight is 320 g/mol. The molecule has 1 atom stereocenters. The third-order valence-electron chi connectivity index (χ3n) is 2.85. The summed E-state index contributed by atoms with van der Waals surface area (Å²) >= 11 is 0. The molecule has 0 aromatic carbocycles. The van der Waals surface area contributed by atoms with Gasteiger partial charge in [-0.25, -0.2) is 4.79 Å². The van der Waals surface area contributed by atoms with Crippen LogP contribution in [-0.4, -0.2) is 50.9 Å². The second kappa shape index (κ2) is 6.97. The molecule has 0 spiro atoms. The van der Waals surface area contributed by atoms with Crippen molar-refractivity contribution in [3.8, 4) is 11.5 Å². The summed E-state index contributed by atoms with van der Waals surface area (Å²) in [5.41, 5.74) is -1.28. The minimum atomic E-state index is -1.85. The van der Waals surface area contributed by atoms with E-state index in [2.05, 4.69) is 20.4 Å². The van der Waals surface area contributed by atoms with Gasteiger partial charge in [0.05, 0.1) is 18.7 Å². The van der Waals surface area contributed by atoms with Gasteiger partial charge in [-0.1, -0.05) is 5.16 Å². The summed E-state index contributed by atoms with van der Waals surface area (Å²) in [6.45, 7) is 2.64. The Morgan fingerprint density at radius 2 is 2.26 bits per heavy atom. The van der Waals surface area contributed by atoms with Crippen LogP contribution in [0.15, 0.2) is 29.0 Å². The molecule has 9 nitrogen and oxygen atoms in total. The number of carbonyl (C=O) groups is 2. The van der Waals surface area contributed by atoms with Crippen LogP contribution >= 0.6 is 0 Å². The lowest BCUT2D eigenvalue weighted by atomic mass is 10.1. The highest BCUT2D eigenvalue weighted by molar-refractivity contribution is 5.91. The van der Waals surface area contributed by atoms with Crippen molar-refractivity contribution in [3.63, 3.8) is 0 Å². The molecule has 0 aliphatic rings. The van der Waals surface area contributed by atoms with Crippen LogP contribution in [0.25, 0.3) is 11.5 Å². The number of aliphatic hydroxyl groups is 1. The van der Waals surface area contributed by atoms with Crippen LogP contribution < -0.4 is 5.32 Å². The molecule has 9 heteroatoms. The van der Waals surface area contributed by atoms with E-state index in [0.717, 1.165) is 0 Å². The Balaban J connectivity index is 1.99. The first-order valence-electron chi connectivity index (χ1n) is 6.86. The van der Waals surface area contributed by atoms with Gasteiger partial charge in [0.25, 0.3) is 17.6 Å². The Hall–Kier alpha value is -2.81. The van der Waals surface area contributed by atoms with E-state index >= 15 is 0 Å². The molecule has 2 aromatic rings. The third-order valence-corrected chi connectivity index (χ3v) is 2.85. The number of aromatic nitrogens is 3. The second-order valence-electron chi connectivity index (χ2n) is 4.84. The number of rotatable bonds is 6. The van der Waals surface area contributed by atoms with Gasteiger partial charge in [0.15, 0.2) is 5.60 Å². The number of carbonyl (C=O) groups excluding carboxylic acids is 2. The number of ether oxygens (including phenoxy) is 1. The van der Waals surface area contributed by atoms with Gasteiger partial charge in [-0.15, -0.1) is 0 Å². The van der Waals surface area contributed by atoms with Gasteiger partial charge < -0.3 is 19.7 Å². The van der Waals surface area contributed by atoms with Gasteiger partial charge >= 0.3 is 5.97 Å². The van der Waals surface area contributed by atoms with Crippen LogP contribution in [0.3, 0.4) is 0 Å². The zero-order valence-electron chi connectivity index (χ0n) is 12.6. The first kappa shape index (κ1) is 16.6. The fourth-order valence-electron chi connectivity index (χ4n) is 1.61. The molecule has 0 aliphatic carbocycles. The molecule has 0 saturated heterocycles. The van der Waals surface area contributed by atoms with Gasteiger partial charge in [-0.3, -0.25) is 9.78 Å². The summed E-state index contributed by atoms with van der Waals surface area (Å²) in [6.07, 6.45) is 3.10. The van der Waals surface area contributed by atoms with Crippen molar-refractivity contribution in [1.29, 1.82) is 0 Å². The smallest absolute Gasteiger partial charge is 0.339 e. The lowest BCUT2D eigenvalue weighted by Crippen LogP contribution is -2.47. The summed E-state index contributed by atoms with van der Waals surface area (Å²) in [6, 6.07) is 3.39. The molecule has 0 saturated carbocycles. The molecule has 2 heterocycles. The first-order chi connectivity index (χ1) is 10.9. The lowest BCUT2D eigenvalue weighted by Gasteiger charge is -2.20. The Kier molecular flexibility index (Phi) is 5.02. The van der Waals surface area contributed by atoms with Crippen LogP contribution in [-0.2, 0) is 9.53 Å². The van der Waals surface area contributed by atoms with E-state index in [-0.39, 0.29) is 24.9 Å². The van der Waals surface area contributed by atoms with Crippen LogP contribution in [0, 0.1) is 0 Å². The number of hydrogen-bond donors (Lipinski definition) is 2.